The van der Waals surface area contributed by atoms with Crippen molar-refractivity contribution in [2.45, 2.75) is 59.5 Å². The highest BCUT2D eigenvalue weighted by Crippen LogP contribution is 2.22. The number of hydrogen-bond acceptors (Lipinski definition) is 4. The lowest BCUT2D eigenvalue weighted by atomic mass is 9.87. The van der Waals surface area contributed by atoms with Gasteiger partial charge in [0.25, 0.3) is 5.91 Å². The fraction of sp³-hybridized carbons (Fsp3) is 0.370. The molecule has 0 unspecified atom stereocenters. The molecule has 0 radical (unpaired) electrons. The van der Waals surface area contributed by atoms with E-state index in [1.54, 1.807) is 7.11 Å². The first kappa shape index (κ1) is 25.0. The van der Waals surface area contributed by atoms with Gasteiger partial charge in [0.05, 0.1) is 19.3 Å². The van der Waals surface area contributed by atoms with E-state index in [0.717, 1.165) is 29.9 Å². The number of benzene rings is 2. The quantitative estimate of drug-likeness (QED) is 0.369. The molecule has 34 heavy (non-hydrogen) atoms. The Morgan fingerprint density at radius 1 is 1.15 bits per heavy atom. The fourth-order valence-electron chi connectivity index (χ4n) is 3.47. The molecule has 1 amide bonds. The third-order valence-corrected chi connectivity index (χ3v) is 5.49. The molecule has 180 valence electrons. The lowest BCUT2D eigenvalue weighted by Crippen LogP contribution is -2.36. The van der Waals surface area contributed by atoms with Crippen LogP contribution in [0, 0.1) is 6.92 Å². The van der Waals surface area contributed by atoms with Crippen molar-refractivity contribution in [1.82, 2.24) is 15.1 Å². The number of rotatable bonds is 7. The van der Waals surface area contributed by atoms with E-state index in [1.165, 1.54) is 5.56 Å². The number of hydrogen-bond donors (Lipinski definition) is 2. The summed E-state index contributed by atoms with van der Waals surface area (Å²) in [4.78, 5) is 17.7. The maximum atomic E-state index is 13.0. The van der Waals surface area contributed by atoms with Gasteiger partial charge in [-0.3, -0.25) is 14.8 Å². The van der Waals surface area contributed by atoms with Gasteiger partial charge in [-0.05, 0) is 48.6 Å². The van der Waals surface area contributed by atoms with E-state index in [4.69, 9.17) is 4.74 Å². The molecule has 0 atom stereocenters. The molecule has 0 aliphatic rings. The third-order valence-electron chi connectivity index (χ3n) is 5.49. The average molecular weight is 462 g/mol. The largest absolute Gasteiger partial charge is 0.497 e. The number of methoxy groups -OCH3 is 1. The van der Waals surface area contributed by atoms with E-state index >= 15 is 0 Å². The van der Waals surface area contributed by atoms with Crippen molar-refractivity contribution in [2.24, 2.45) is 4.99 Å². The van der Waals surface area contributed by atoms with Gasteiger partial charge in [0.15, 0.2) is 0 Å². The highest BCUT2D eigenvalue weighted by atomic mass is 16.5. The van der Waals surface area contributed by atoms with Crippen LogP contribution in [0.1, 0.15) is 61.3 Å². The van der Waals surface area contributed by atoms with Crippen molar-refractivity contribution in [3.05, 3.63) is 77.1 Å². The Labute approximate surface area is 202 Å². The molecule has 7 heteroatoms. The van der Waals surface area contributed by atoms with Gasteiger partial charge in [-0.15, -0.1) is 0 Å². The molecule has 2 aromatic carbocycles. The molecule has 0 aliphatic carbocycles. The normalized spacial score (nSPS) is 11.9. The molecular weight excluding hydrogens is 426 g/mol. The Kier molecular flexibility index (Phi) is 8.10. The van der Waals surface area contributed by atoms with Gasteiger partial charge < -0.3 is 10.1 Å². The number of amides is 1. The van der Waals surface area contributed by atoms with Gasteiger partial charge in [-0.2, -0.15) is 5.10 Å². The fourth-order valence-corrected chi connectivity index (χ4v) is 3.47. The molecule has 1 heterocycles. The predicted octanol–water partition coefficient (Wildman–Crippen LogP) is 5.31. The highest BCUT2D eigenvalue weighted by molar-refractivity contribution is 6.10. The second-order valence-corrected chi connectivity index (χ2v) is 9.31. The molecule has 0 saturated heterocycles. The van der Waals surface area contributed by atoms with Crippen LogP contribution in [0.4, 0.5) is 5.69 Å². The Bertz CT molecular complexity index is 1140. The number of aromatic nitrogens is 2. The van der Waals surface area contributed by atoms with Gasteiger partial charge in [0, 0.05) is 35.6 Å². The Balaban J connectivity index is 1.83. The molecule has 0 saturated carbocycles. The van der Waals surface area contributed by atoms with Gasteiger partial charge in [-0.1, -0.05) is 45.9 Å². The third kappa shape index (κ3) is 6.70. The Morgan fingerprint density at radius 3 is 2.53 bits per heavy atom. The first-order valence-corrected chi connectivity index (χ1v) is 11.6. The monoisotopic (exact) mass is 461 g/mol. The minimum absolute atomic E-state index is 0.0234. The second kappa shape index (κ2) is 11.0. The number of nitrogens with zero attached hydrogens (tertiary/aromatic N) is 3. The summed E-state index contributed by atoms with van der Waals surface area (Å²) in [5, 5.41) is 10.7. The van der Waals surface area contributed by atoms with E-state index < -0.39 is 0 Å². The molecule has 3 rings (SSSR count). The number of nitrogens with one attached hydrogen (secondary N) is 2. The van der Waals surface area contributed by atoms with Crippen LogP contribution >= 0.6 is 0 Å². The maximum absolute atomic E-state index is 13.0. The van der Waals surface area contributed by atoms with E-state index in [1.807, 2.05) is 66.3 Å². The minimum atomic E-state index is -0.229. The molecular formula is C27H35N5O2. The summed E-state index contributed by atoms with van der Waals surface area (Å²) in [7, 11) is 1.62. The zero-order valence-corrected chi connectivity index (χ0v) is 21.0. The number of anilines is 1. The molecule has 1 aromatic heterocycles. The van der Waals surface area contributed by atoms with Crippen molar-refractivity contribution in [3.8, 4) is 5.75 Å². The van der Waals surface area contributed by atoms with Gasteiger partial charge in [-0.25, -0.2) is 4.99 Å². The highest BCUT2D eigenvalue weighted by Gasteiger charge is 2.15. The smallest absolute Gasteiger partial charge is 0.257 e. The van der Waals surface area contributed by atoms with Gasteiger partial charge >= 0.3 is 0 Å². The lowest BCUT2D eigenvalue weighted by Gasteiger charge is -2.19. The van der Waals surface area contributed by atoms with Gasteiger partial charge in [0.1, 0.15) is 5.75 Å². The summed E-state index contributed by atoms with van der Waals surface area (Å²) >= 11 is 0. The first-order valence-electron chi connectivity index (χ1n) is 11.6. The second-order valence-electron chi connectivity index (χ2n) is 9.31. The minimum Gasteiger partial charge on any atom is -0.497 e. The summed E-state index contributed by atoms with van der Waals surface area (Å²) in [5.41, 5.74) is 4.48. The SMILES string of the molecule is CCCn1cc(CN=C(NC(=O)c2ccc(C(C)(C)C)cc2)Nc2cccc(OC)c2)c(C)n1. The Hall–Kier alpha value is -3.61. The van der Waals surface area contributed by atoms with Crippen LogP contribution in [0.5, 0.6) is 5.75 Å². The number of carbonyl (C=O) groups is 1. The van der Waals surface area contributed by atoms with Crippen molar-refractivity contribution < 1.29 is 9.53 Å². The first-order chi connectivity index (χ1) is 16.2. The van der Waals surface area contributed by atoms with Crippen LogP contribution in [0.2, 0.25) is 0 Å². The molecule has 0 fully saturated rings. The van der Waals surface area contributed by atoms with E-state index in [-0.39, 0.29) is 11.3 Å². The summed E-state index contributed by atoms with van der Waals surface area (Å²) in [6, 6.07) is 15.2. The van der Waals surface area contributed by atoms with Crippen LogP contribution in [0.25, 0.3) is 0 Å². The average Bonchev–Trinajstić information content (AvgIpc) is 3.16. The topological polar surface area (TPSA) is 80.5 Å². The molecule has 0 spiro atoms. The maximum Gasteiger partial charge on any atom is 0.257 e. The number of aliphatic imine (C=N–C) groups is 1. The van der Waals surface area contributed by atoms with Crippen LogP contribution in [-0.2, 0) is 18.5 Å². The Morgan fingerprint density at radius 2 is 1.88 bits per heavy atom. The van der Waals surface area contributed by atoms with Crippen molar-refractivity contribution in [3.63, 3.8) is 0 Å². The zero-order valence-electron chi connectivity index (χ0n) is 21.0. The molecule has 7 nitrogen and oxygen atoms in total. The molecule has 2 N–H and O–H groups in total. The van der Waals surface area contributed by atoms with Crippen molar-refractivity contribution in [2.75, 3.05) is 12.4 Å². The van der Waals surface area contributed by atoms with Crippen molar-refractivity contribution >= 4 is 17.6 Å². The van der Waals surface area contributed by atoms with Crippen LogP contribution in [-0.4, -0.2) is 28.8 Å². The molecule has 0 bridgehead atoms. The zero-order chi connectivity index (χ0) is 24.7. The number of ether oxygens (including phenoxy) is 1. The summed E-state index contributed by atoms with van der Waals surface area (Å²) in [6.07, 6.45) is 3.02. The van der Waals surface area contributed by atoms with E-state index in [2.05, 4.69) is 48.4 Å². The van der Waals surface area contributed by atoms with Crippen LogP contribution in [0.3, 0.4) is 0 Å². The van der Waals surface area contributed by atoms with E-state index in [0.29, 0.717) is 23.8 Å². The summed E-state index contributed by atoms with van der Waals surface area (Å²) in [5.74, 6) is 0.846. The van der Waals surface area contributed by atoms with E-state index in [9.17, 15) is 4.79 Å². The molecule has 0 aliphatic heterocycles. The lowest BCUT2D eigenvalue weighted by molar-refractivity contribution is 0.0977. The number of guanidine groups is 1. The van der Waals surface area contributed by atoms with Crippen LogP contribution < -0.4 is 15.4 Å². The number of carbonyl (C=O) groups excluding carboxylic acids is 1. The van der Waals surface area contributed by atoms with Gasteiger partial charge in [0.2, 0.25) is 5.96 Å². The standard InChI is InChI=1S/C27H35N5O2/c1-7-15-32-18-21(19(2)31-32)17-28-26(29-23-9-8-10-24(16-23)34-6)30-25(33)20-11-13-22(14-12-20)27(3,4)5/h8-14,16,18H,7,15,17H2,1-6H3,(H2,28,29,30,33). The summed E-state index contributed by atoms with van der Waals surface area (Å²) < 4.78 is 7.25. The molecule has 3 aromatic rings. The van der Waals surface area contributed by atoms with Crippen LogP contribution in [0.15, 0.2) is 59.7 Å². The predicted molar refractivity (Wildman–Crippen MR) is 138 cm³/mol. The number of aryl methyl sites for hydroxylation is 2. The summed E-state index contributed by atoms with van der Waals surface area (Å²) in [6.45, 7) is 11.8. The van der Waals surface area contributed by atoms with Crippen molar-refractivity contribution in [1.29, 1.82) is 0 Å².